The average molecular weight is 241 g/mol. The number of hydrogen-bond donors (Lipinski definition) is 1. The predicted octanol–water partition coefficient (Wildman–Crippen LogP) is 1.82. The monoisotopic (exact) mass is 241 g/mol. The van der Waals surface area contributed by atoms with Gasteiger partial charge in [-0.05, 0) is 30.5 Å². The number of aromatic amines is 1. The third-order valence-electron chi connectivity index (χ3n) is 3.41. The van der Waals surface area contributed by atoms with Gasteiger partial charge in [0.2, 0.25) is 0 Å². The fourth-order valence-electron chi connectivity index (χ4n) is 2.49. The average Bonchev–Trinajstić information content (AvgIpc) is 2.39. The van der Waals surface area contributed by atoms with E-state index in [0.29, 0.717) is 5.69 Å². The molecule has 1 aromatic heterocycles. The smallest absolute Gasteiger partial charge is 0.274 e. The lowest BCUT2D eigenvalue weighted by Crippen LogP contribution is -2.24. The van der Waals surface area contributed by atoms with E-state index in [0.717, 1.165) is 24.9 Å². The number of nitrogens with zero attached hydrogens (tertiary/aromatic N) is 2. The molecule has 0 bridgehead atoms. The summed E-state index contributed by atoms with van der Waals surface area (Å²) in [4.78, 5) is 20.8. The molecule has 0 fully saturated rings. The van der Waals surface area contributed by atoms with Gasteiger partial charge in [-0.2, -0.15) is 0 Å². The summed E-state index contributed by atoms with van der Waals surface area (Å²) in [5.74, 6) is 0. The first-order chi connectivity index (χ1) is 8.75. The van der Waals surface area contributed by atoms with Crippen LogP contribution in [0, 0.1) is 0 Å². The van der Waals surface area contributed by atoms with Crippen molar-refractivity contribution in [2.75, 3.05) is 18.5 Å². The number of hydrogen-bond acceptors (Lipinski definition) is 3. The van der Waals surface area contributed by atoms with Gasteiger partial charge in [0.15, 0.2) is 0 Å². The highest BCUT2D eigenvalue weighted by Crippen LogP contribution is 2.29. The highest BCUT2D eigenvalue weighted by atomic mass is 16.1. The number of fused-ring (bicyclic) bond motifs is 1. The Bertz CT molecular complexity index is 633. The van der Waals surface area contributed by atoms with Crippen molar-refractivity contribution < 1.29 is 0 Å². The molecule has 4 heteroatoms. The molecule has 3 rings (SSSR count). The maximum atomic E-state index is 11.7. The minimum Gasteiger partial charge on any atom is -0.374 e. The first-order valence-corrected chi connectivity index (χ1v) is 6.14. The Morgan fingerprint density at radius 3 is 3.11 bits per heavy atom. The molecule has 1 aromatic carbocycles. The van der Waals surface area contributed by atoms with Crippen LogP contribution in [0.4, 0.5) is 5.69 Å². The van der Waals surface area contributed by atoms with Gasteiger partial charge in [0.25, 0.3) is 5.56 Å². The van der Waals surface area contributed by atoms with Crippen LogP contribution in [0.25, 0.3) is 11.3 Å². The summed E-state index contributed by atoms with van der Waals surface area (Å²) in [6, 6.07) is 6.14. The topological polar surface area (TPSA) is 49.0 Å². The second-order valence-corrected chi connectivity index (χ2v) is 4.64. The maximum Gasteiger partial charge on any atom is 0.274 e. The molecule has 0 unspecified atom stereocenters. The van der Waals surface area contributed by atoms with Gasteiger partial charge in [-0.15, -0.1) is 0 Å². The summed E-state index contributed by atoms with van der Waals surface area (Å²) in [6.07, 6.45) is 5.39. The van der Waals surface area contributed by atoms with Crippen LogP contribution in [0.5, 0.6) is 0 Å². The third kappa shape index (κ3) is 1.79. The molecule has 92 valence electrons. The van der Waals surface area contributed by atoms with Crippen LogP contribution in [-0.4, -0.2) is 23.6 Å². The Morgan fingerprint density at radius 2 is 2.28 bits per heavy atom. The van der Waals surface area contributed by atoms with Crippen LogP contribution >= 0.6 is 0 Å². The van der Waals surface area contributed by atoms with Crippen molar-refractivity contribution in [1.82, 2.24) is 9.97 Å². The van der Waals surface area contributed by atoms with Gasteiger partial charge >= 0.3 is 0 Å². The van der Waals surface area contributed by atoms with Crippen molar-refractivity contribution in [1.29, 1.82) is 0 Å². The zero-order chi connectivity index (χ0) is 12.5. The van der Waals surface area contributed by atoms with Crippen molar-refractivity contribution in [3.8, 4) is 11.3 Å². The molecular weight excluding hydrogens is 226 g/mol. The van der Waals surface area contributed by atoms with Gasteiger partial charge in [0.1, 0.15) is 5.69 Å². The summed E-state index contributed by atoms with van der Waals surface area (Å²) in [6.45, 7) is 1.09. The Kier molecular flexibility index (Phi) is 2.63. The number of anilines is 1. The highest BCUT2D eigenvalue weighted by molar-refractivity contribution is 5.66. The Labute approximate surface area is 105 Å². The predicted molar refractivity (Wildman–Crippen MR) is 71.9 cm³/mol. The van der Waals surface area contributed by atoms with Crippen LogP contribution in [0.2, 0.25) is 0 Å². The minimum absolute atomic E-state index is 0.137. The van der Waals surface area contributed by atoms with E-state index in [-0.39, 0.29) is 5.56 Å². The second-order valence-electron chi connectivity index (χ2n) is 4.64. The van der Waals surface area contributed by atoms with Gasteiger partial charge < -0.3 is 9.88 Å². The molecule has 0 aliphatic carbocycles. The Balaban J connectivity index is 2.11. The van der Waals surface area contributed by atoms with Crippen LogP contribution < -0.4 is 10.5 Å². The lowest BCUT2D eigenvalue weighted by Gasteiger charge is -2.27. The molecule has 0 saturated heterocycles. The molecule has 1 N–H and O–H groups in total. The number of benzene rings is 1. The molecule has 0 amide bonds. The van der Waals surface area contributed by atoms with Gasteiger partial charge in [-0.3, -0.25) is 4.79 Å². The summed E-state index contributed by atoms with van der Waals surface area (Å²) in [7, 11) is 2.10. The normalized spacial score (nSPS) is 14.4. The van der Waals surface area contributed by atoms with E-state index in [1.165, 1.54) is 11.3 Å². The van der Waals surface area contributed by atoms with Gasteiger partial charge in [0, 0.05) is 37.2 Å². The van der Waals surface area contributed by atoms with Crippen molar-refractivity contribution in [3.63, 3.8) is 0 Å². The number of rotatable bonds is 1. The summed E-state index contributed by atoms with van der Waals surface area (Å²) >= 11 is 0. The van der Waals surface area contributed by atoms with Crippen LogP contribution in [-0.2, 0) is 6.42 Å². The van der Waals surface area contributed by atoms with E-state index < -0.39 is 0 Å². The molecule has 0 radical (unpaired) electrons. The van der Waals surface area contributed by atoms with E-state index in [9.17, 15) is 4.79 Å². The quantitative estimate of drug-likeness (QED) is 0.828. The van der Waals surface area contributed by atoms with Gasteiger partial charge in [0.05, 0.1) is 0 Å². The molecule has 2 aromatic rings. The molecule has 0 atom stereocenters. The first-order valence-electron chi connectivity index (χ1n) is 6.14. The molecule has 0 saturated carbocycles. The zero-order valence-corrected chi connectivity index (χ0v) is 10.3. The van der Waals surface area contributed by atoms with Crippen molar-refractivity contribution >= 4 is 5.69 Å². The number of aromatic nitrogens is 2. The molecule has 2 heterocycles. The van der Waals surface area contributed by atoms with Gasteiger partial charge in [-0.25, -0.2) is 4.98 Å². The van der Waals surface area contributed by atoms with Crippen LogP contribution in [0.3, 0.4) is 0 Å². The van der Waals surface area contributed by atoms with E-state index in [1.807, 2.05) is 6.07 Å². The number of H-pyrrole nitrogens is 1. The Morgan fingerprint density at radius 1 is 1.39 bits per heavy atom. The number of nitrogens with one attached hydrogen (secondary N) is 1. The second kappa shape index (κ2) is 4.29. The fourth-order valence-corrected chi connectivity index (χ4v) is 2.49. The number of aryl methyl sites for hydroxylation is 1. The molecule has 4 nitrogen and oxygen atoms in total. The lowest BCUT2D eigenvalue weighted by molar-refractivity contribution is 0.744. The maximum absolute atomic E-state index is 11.7. The highest BCUT2D eigenvalue weighted by Gasteiger charge is 2.15. The zero-order valence-electron chi connectivity index (χ0n) is 10.3. The van der Waals surface area contributed by atoms with Crippen molar-refractivity contribution in [3.05, 3.63) is 46.5 Å². The largest absolute Gasteiger partial charge is 0.374 e. The standard InChI is InChI=1S/C14H15N3O/c1-17-8-2-3-10-9-11(4-5-12(10)17)13-14(18)16-7-6-15-13/h4-7,9H,2-3,8H2,1H3,(H,16,18). The summed E-state index contributed by atoms with van der Waals surface area (Å²) in [5.41, 5.74) is 3.81. The molecule has 18 heavy (non-hydrogen) atoms. The SMILES string of the molecule is CN1CCCc2cc(-c3ncc[nH]c3=O)ccc21. The Hall–Kier alpha value is -2.10. The van der Waals surface area contributed by atoms with E-state index in [4.69, 9.17) is 0 Å². The van der Waals surface area contributed by atoms with Crippen LogP contribution in [0.15, 0.2) is 35.4 Å². The van der Waals surface area contributed by atoms with E-state index >= 15 is 0 Å². The molecule has 1 aliphatic heterocycles. The van der Waals surface area contributed by atoms with Crippen molar-refractivity contribution in [2.45, 2.75) is 12.8 Å². The minimum atomic E-state index is -0.137. The molecule has 0 spiro atoms. The van der Waals surface area contributed by atoms with E-state index in [1.54, 1.807) is 12.4 Å². The van der Waals surface area contributed by atoms with Crippen LogP contribution in [0.1, 0.15) is 12.0 Å². The molecular formula is C14H15N3O. The fraction of sp³-hybridized carbons (Fsp3) is 0.286. The lowest BCUT2D eigenvalue weighted by atomic mass is 9.98. The van der Waals surface area contributed by atoms with E-state index in [2.05, 4.69) is 34.0 Å². The first kappa shape index (κ1) is 11.0. The van der Waals surface area contributed by atoms with Crippen molar-refractivity contribution in [2.24, 2.45) is 0 Å². The third-order valence-corrected chi connectivity index (χ3v) is 3.41. The summed E-state index contributed by atoms with van der Waals surface area (Å²) < 4.78 is 0. The summed E-state index contributed by atoms with van der Waals surface area (Å²) in [5, 5.41) is 0. The van der Waals surface area contributed by atoms with Gasteiger partial charge in [-0.1, -0.05) is 6.07 Å². The molecule has 1 aliphatic rings.